The third kappa shape index (κ3) is 5.54. The van der Waals surface area contributed by atoms with Gasteiger partial charge in [-0.05, 0) is 52.4 Å². The zero-order valence-corrected chi connectivity index (χ0v) is 23.3. The van der Waals surface area contributed by atoms with E-state index < -0.39 is 0 Å². The molecule has 6 aromatic carbocycles. The highest BCUT2D eigenvalue weighted by atomic mass is 16.3. The number of hydrogen-bond donors (Lipinski definition) is 1. The van der Waals surface area contributed by atoms with Gasteiger partial charge in [-0.25, -0.2) is 9.98 Å². The van der Waals surface area contributed by atoms with Gasteiger partial charge in [-0.3, -0.25) is 5.41 Å². The third-order valence-electron chi connectivity index (χ3n) is 7.42. The molecule has 0 unspecified atom stereocenters. The van der Waals surface area contributed by atoms with Crippen LogP contribution in [0.2, 0.25) is 0 Å². The molecular weight excluding hydrogens is 526 g/mol. The van der Waals surface area contributed by atoms with E-state index in [1.165, 1.54) is 0 Å². The Bertz CT molecular complexity index is 2110. The van der Waals surface area contributed by atoms with E-state index in [0.29, 0.717) is 5.89 Å². The van der Waals surface area contributed by atoms with Gasteiger partial charge in [-0.1, -0.05) is 127 Å². The second kappa shape index (κ2) is 11.6. The lowest BCUT2D eigenvalue weighted by atomic mass is 9.99. The van der Waals surface area contributed by atoms with Gasteiger partial charge in [0.25, 0.3) is 0 Å². The van der Waals surface area contributed by atoms with E-state index >= 15 is 0 Å². The average Bonchev–Trinajstić information content (AvgIpc) is 3.53. The first-order valence-corrected chi connectivity index (χ1v) is 14.2. The van der Waals surface area contributed by atoms with Crippen molar-refractivity contribution in [1.82, 2.24) is 4.98 Å². The van der Waals surface area contributed by atoms with Crippen molar-refractivity contribution >= 4 is 39.5 Å². The van der Waals surface area contributed by atoms with Crippen LogP contribution in [0.1, 0.15) is 16.7 Å². The van der Waals surface area contributed by atoms with Crippen molar-refractivity contribution in [3.8, 4) is 22.6 Å². The van der Waals surface area contributed by atoms with Crippen LogP contribution < -0.4 is 0 Å². The van der Waals surface area contributed by atoms with E-state index in [2.05, 4.69) is 24.3 Å². The summed E-state index contributed by atoms with van der Waals surface area (Å²) in [6, 6.07) is 48.5. The Morgan fingerprint density at radius 3 is 2.05 bits per heavy atom. The lowest BCUT2D eigenvalue weighted by Crippen LogP contribution is -2.03. The number of nitrogens with zero attached hydrogens (tertiary/aromatic N) is 2. The number of nitrogens with one attached hydrogen (secondary N) is 1. The van der Waals surface area contributed by atoms with Crippen LogP contribution in [0.4, 0.5) is 0 Å². The summed E-state index contributed by atoms with van der Waals surface area (Å²) in [6.07, 6.45) is 3.99. The molecule has 0 saturated carbocycles. The first kappa shape index (κ1) is 26.1. The Hall–Kier alpha value is -5.87. The van der Waals surface area contributed by atoms with E-state index in [-0.39, 0.29) is 5.84 Å². The second-order valence-corrected chi connectivity index (χ2v) is 10.3. The summed E-state index contributed by atoms with van der Waals surface area (Å²) >= 11 is 0. The Balaban J connectivity index is 1.16. The third-order valence-corrected chi connectivity index (χ3v) is 7.42. The predicted molar refractivity (Wildman–Crippen MR) is 178 cm³/mol. The van der Waals surface area contributed by atoms with Gasteiger partial charge in [0.1, 0.15) is 5.52 Å². The van der Waals surface area contributed by atoms with Crippen molar-refractivity contribution in [3.05, 3.63) is 168 Å². The lowest BCUT2D eigenvalue weighted by molar-refractivity contribution is 0.620. The summed E-state index contributed by atoms with van der Waals surface area (Å²) in [4.78, 5) is 9.54. The van der Waals surface area contributed by atoms with Gasteiger partial charge in [0.05, 0.1) is 5.71 Å². The molecule has 1 aromatic heterocycles. The van der Waals surface area contributed by atoms with Crippen LogP contribution in [0.5, 0.6) is 0 Å². The van der Waals surface area contributed by atoms with Crippen molar-refractivity contribution < 1.29 is 4.42 Å². The van der Waals surface area contributed by atoms with Crippen molar-refractivity contribution in [2.45, 2.75) is 0 Å². The maximum Gasteiger partial charge on any atom is 0.227 e. The van der Waals surface area contributed by atoms with Gasteiger partial charge in [-0.15, -0.1) is 0 Å². The molecule has 0 aliphatic carbocycles. The molecule has 43 heavy (non-hydrogen) atoms. The molecule has 1 heterocycles. The van der Waals surface area contributed by atoms with Gasteiger partial charge in [0.2, 0.25) is 5.89 Å². The molecule has 0 bridgehead atoms. The molecule has 4 heteroatoms. The van der Waals surface area contributed by atoms with Gasteiger partial charge in [-0.2, -0.15) is 0 Å². The number of allylic oxidation sites excluding steroid dienone is 1. The maximum absolute atomic E-state index is 8.78. The number of benzene rings is 6. The fourth-order valence-corrected chi connectivity index (χ4v) is 5.16. The SMILES string of the molecule is N=C(N=C(/C=C/c1ccccc1)c1ccccc1)c1ccc(-c2ccc3c(ccc4oc(-c5ccccc5)nc43)c2)cc1. The molecule has 0 aliphatic rings. The zero-order chi connectivity index (χ0) is 29.0. The minimum Gasteiger partial charge on any atom is -0.436 e. The number of rotatable bonds is 6. The summed E-state index contributed by atoms with van der Waals surface area (Å²) in [6.45, 7) is 0. The molecule has 0 fully saturated rings. The van der Waals surface area contributed by atoms with Crippen LogP contribution in [0.3, 0.4) is 0 Å². The molecule has 204 valence electrons. The van der Waals surface area contributed by atoms with Crippen LogP contribution in [0, 0.1) is 5.41 Å². The fourth-order valence-electron chi connectivity index (χ4n) is 5.16. The minimum absolute atomic E-state index is 0.212. The van der Waals surface area contributed by atoms with Gasteiger partial charge in [0, 0.05) is 22.1 Å². The molecule has 0 spiro atoms. The average molecular weight is 554 g/mol. The normalized spacial score (nSPS) is 11.9. The molecule has 0 aliphatic heterocycles. The van der Waals surface area contributed by atoms with E-state index in [9.17, 15) is 0 Å². The summed E-state index contributed by atoms with van der Waals surface area (Å²) < 4.78 is 6.06. The van der Waals surface area contributed by atoms with E-state index in [0.717, 1.165) is 61.0 Å². The number of oxazole rings is 1. The summed E-state index contributed by atoms with van der Waals surface area (Å²) in [5.74, 6) is 0.836. The molecule has 7 aromatic rings. The van der Waals surface area contributed by atoms with Gasteiger partial charge >= 0.3 is 0 Å². The minimum atomic E-state index is 0.212. The predicted octanol–water partition coefficient (Wildman–Crippen LogP) is 9.84. The molecule has 0 saturated heterocycles. The van der Waals surface area contributed by atoms with E-state index in [1.807, 2.05) is 133 Å². The van der Waals surface area contributed by atoms with Crippen molar-refractivity contribution in [1.29, 1.82) is 5.41 Å². The highest BCUT2D eigenvalue weighted by molar-refractivity contribution is 6.17. The largest absolute Gasteiger partial charge is 0.436 e. The molecule has 4 nitrogen and oxygen atoms in total. The Morgan fingerprint density at radius 2 is 1.30 bits per heavy atom. The molecule has 1 N–H and O–H groups in total. The van der Waals surface area contributed by atoms with Crippen LogP contribution in [0.15, 0.2) is 161 Å². The lowest BCUT2D eigenvalue weighted by Gasteiger charge is -2.07. The summed E-state index contributed by atoms with van der Waals surface area (Å²) in [7, 11) is 0. The Labute approximate surface area is 249 Å². The number of hydrogen-bond acceptors (Lipinski definition) is 3. The van der Waals surface area contributed by atoms with Crippen LogP contribution in [0.25, 0.3) is 50.5 Å². The standard InChI is InChI=1S/C39H27N3O/c40-38(41-35(29-12-6-2-7-13-29)24-16-27-10-4-1-5-11-27)30-19-17-28(18-20-30)32-21-23-34-33(26-32)22-25-36-37(34)42-39(43-36)31-14-8-3-9-15-31/h1-26,40H/b24-16+,40-38?,41-35?. The van der Waals surface area contributed by atoms with Crippen LogP contribution in [-0.2, 0) is 0 Å². The van der Waals surface area contributed by atoms with E-state index in [1.54, 1.807) is 0 Å². The second-order valence-electron chi connectivity index (χ2n) is 10.3. The highest BCUT2D eigenvalue weighted by Crippen LogP contribution is 2.32. The van der Waals surface area contributed by atoms with Crippen LogP contribution in [-0.4, -0.2) is 16.5 Å². The number of amidine groups is 1. The summed E-state index contributed by atoms with van der Waals surface area (Å²) in [5.41, 5.74) is 8.29. The topological polar surface area (TPSA) is 62.2 Å². The smallest absolute Gasteiger partial charge is 0.227 e. The number of aliphatic imine (C=N–C) groups is 1. The molecular formula is C39H27N3O. The van der Waals surface area contributed by atoms with Crippen molar-refractivity contribution in [2.24, 2.45) is 4.99 Å². The highest BCUT2D eigenvalue weighted by Gasteiger charge is 2.12. The zero-order valence-electron chi connectivity index (χ0n) is 23.3. The monoisotopic (exact) mass is 553 g/mol. The first-order chi connectivity index (χ1) is 21.2. The summed E-state index contributed by atoms with van der Waals surface area (Å²) in [5, 5.41) is 10.9. The number of fused-ring (bicyclic) bond motifs is 3. The molecule has 7 rings (SSSR count). The van der Waals surface area contributed by atoms with Gasteiger partial charge in [0.15, 0.2) is 11.4 Å². The quantitative estimate of drug-likeness (QED) is 0.165. The first-order valence-electron chi connectivity index (χ1n) is 14.2. The fraction of sp³-hybridized carbons (Fsp3) is 0. The van der Waals surface area contributed by atoms with Gasteiger partial charge < -0.3 is 4.42 Å². The van der Waals surface area contributed by atoms with Crippen LogP contribution >= 0.6 is 0 Å². The number of aromatic nitrogens is 1. The Kier molecular flexibility index (Phi) is 7.00. The van der Waals surface area contributed by atoms with Crippen molar-refractivity contribution in [2.75, 3.05) is 0 Å². The molecule has 0 radical (unpaired) electrons. The molecule has 0 atom stereocenters. The maximum atomic E-state index is 8.78. The molecule has 0 amide bonds. The van der Waals surface area contributed by atoms with Crippen molar-refractivity contribution in [3.63, 3.8) is 0 Å². The van der Waals surface area contributed by atoms with E-state index in [4.69, 9.17) is 19.8 Å². The Morgan fingerprint density at radius 1 is 0.628 bits per heavy atom.